The van der Waals surface area contributed by atoms with Crippen LogP contribution in [0.15, 0.2) is 36.4 Å². The summed E-state index contributed by atoms with van der Waals surface area (Å²) in [6.07, 6.45) is 2.97. The largest absolute Gasteiger partial charge is 0.462 e. The number of aliphatic hydroxyl groups excluding tert-OH is 2. The molecule has 0 saturated heterocycles. The van der Waals surface area contributed by atoms with E-state index in [1.807, 2.05) is 30.3 Å². The Hall–Kier alpha value is -1.65. The molecule has 0 amide bonds. The summed E-state index contributed by atoms with van der Waals surface area (Å²) < 4.78 is 4.96. The number of rotatable bonds is 6. The molecule has 1 aromatic rings. The van der Waals surface area contributed by atoms with Crippen molar-refractivity contribution in [1.29, 1.82) is 0 Å². The molecule has 0 atom stereocenters. The zero-order valence-electron chi connectivity index (χ0n) is 10.4. The summed E-state index contributed by atoms with van der Waals surface area (Å²) in [4.78, 5) is 11.4. The Morgan fingerprint density at radius 2 is 1.89 bits per heavy atom. The van der Waals surface area contributed by atoms with Crippen molar-refractivity contribution in [2.24, 2.45) is 5.41 Å². The van der Waals surface area contributed by atoms with Gasteiger partial charge in [0.05, 0.1) is 13.2 Å². The predicted octanol–water partition coefficient (Wildman–Crippen LogP) is 1.23. The molecular weight excluding hydrogens is 232 g/mol. The number of ether oxygens (including phenoxy) is 1. The van der Waals surface area contributed by atoms with Crippen molar-refractivity contribution in [3.05, 3.63) is 42.0 Å². The van der Waals surface area contributed by atoms with Crippen LogP contribution in [0.5, 0.6) is 0 Å². The van der Waals surface area contributed by atoms with Crippen molar-refractivity contribution < 1.29 is 19.7 Å². The maximum Gasteiger partial charge on any atom is 0.330 e. The van der Waals surface area contributed by atoms with Gasteiger partial charge in [0, 0.05) is 11.5 Å². The minimum Gasteiger partial charge on any atom is -0.462 e. The molecule has 0 fully saturated rings. The van der Waals surface area contributed by atoms with E-state index in [1.165, 1.54) is 6.08 Å². The van der Waals surface area contributed by atoms with Crippen LogP contribution in [0.2, 0.25) is 0 Å². The highest BCUT2D eigenvalue weighted by Crippen LogP contribution is 2.14. The number of esters is 1. The third-order valence-electron chi connectivity index (χ3n) is 2.54. The summed E-state index contributed by atoms with van der Waals surface area (Å²) in [5, 5.41) is 18.1. The SMILES string of the molecule is CC(CO)(CO)COC(=O)/C=C/c1ccccc1. The summed E-state index contributed by atoms with van der Waals surface area (Å²) in [6.45, 7) is 1.15. The van der Waals surface area contributed by atoms with Gasteiger partial charge in [-0.15, -0.1) is 0 Å². The van der Waals surface area contributed by atoms with Gasteiger partial charge in [0.2, 0.25) is 0 Å². The molecule has 0 saturated carbocycles. The Bertz CT molecular complexity index is 394. The van der Waals surface area contributed by atoms with Crippen LogP contribution in [0, 0.1) is 5.41 Å². The molecule has 0 heterocycles. The van der Waals surface area contributed by atoms with E-state index >= 15 is 0 Å². The first-order valence-corrected chi connectivity index (χ1v) is 5.71. The Morgan fingerprint density at radius 1 is 1.28 bits per heavy atom. The van der Waals surface area contributed by atoms with Crippen molar-refractivity contribution in [3.8, 4) is 0 Å². The van der Waals surface area contributed by atoms with Crippen molar-refractivity contribution in [2.45, 2.75) is 6.92 Å². The minimum atomic E-state index is -0.795. The predicted molar refractivity (Wildman–Crippen MR) is 68.7 cm³/mol. The lowest BCUT2D eigenvalue weighted by Gasteiger charge is -2.23. The van der Waals surface area contributed by atoms with Crippen LogP contribution in [0.1, 0.15) is 12.5 Å². The van der Waals surface area contributed by atoms with Crippen molar-refractivity contribution >= 4 is 12.0 Å². The van der Waals surface area contributed by atoms with E-state index in [-0.39, 0.29) is 19.8 Å². The highest BCUT2D eigenvalue weighted by Gasteiger charge is 2.24. The minimum absolute atomic E-state index is 0.0159. The van der Waals surface area contributed by atoms with Crippen LogP contribution in [0.25, 0.3) is 6.08 Å². The normalized spacial score (nSPS) is 11.7. The van der Waals surface area contributed by atoms with Crippen molar-refractivity contribution in [3.63, 3.8) is 0 Å². The molecule has 0 spiro atoms. The summed E-state index contributed by atoms with van der Waals surface area (Å²) in [6, 6.07) is 9.38. The van der Waals surface area contributed by atoms with Gasteiger partial charge in [0.25, 0.3) is 0 Å². The second-order valence-electron chi connectivity index (χ2n) is 4.48. The van der Waals surface area contributed by atoms with E-state index < -0.39 is 11.4 Å². The first-order chi connectivity index (χ1) is 8.59. The number of hydrogen-bond acceptors (Lipinski definition) is 4. The maximum absolute atomic E-state index is 11.4. The van der Waals surface area contributed by atoms with E-state index in [2.05, 4.69) is 0 Å². The lowest BCUT2D eigenvalue weighted by molar-refractivity contribution is -0.142. The molecule has 4 heteroatoms. The van der Waals surface area contributed by atoms with Gasteiger partial charge in [-0.05, 0) is 11.6 Å². The lowest BCUT2D eigenvalue weighted by Crippen LogP contribution is -2.32. The molecule has 18 heavy (non-hydrogen) atoms. The average Bonchev–Trinajstić information content (AvgIpc) is 2.43. The van der Waals surface area contributed by atoms with Crippen LogP contribution in [0.3, 0.4) is 0 Å². The van der Waals surface area contributed by atoms with E-state index in [9.17, 15) is 4.79 Å². The van der Waals surface area contributed by atoms with Gasteiger partial charge in [0.15, 0.2) is 0 Å². The van der Waals surface area contributed by atoms with Crippen LogP contribution >= 0.6 is 0 Å². The molecule has 0 aliphatic heterocycles. The van der Waals surface area contributed by atoms with Gasteiger partial charge >= 0.3 is 5.97 Å². The number of benzene rings is 1. The average molecular weight is 250 g/mol. The standard InChI is InChI=1S/C14H18O4/c1-14(9-15,10-16)11-18-13(17)8-7-12-5-3-2-4-6-12/h2-8,15-16H,9-11H2,1H3/b8-7+. The summed E-state index contributed by atoms with van der Waals surface area (Å²) in [7, 11) is 0. The number of carbonyl (C=O) groups excluding carboxylic acids is 1. The molecule has 2 N–H and O–H groups in total. The molecule has 0 bridgehead atoms. The van der Waals surface area contributed by atoms with E-state index in [0.29, 0.717) is 0 Å². The highest BCUT2D eigenvalue weighted by atomic mass is 16.5. The molecule has 98 valence electrons. The molecule has 0 radical (unpaired) electrons. The molecule has 4 nitrogen and oxygen atoms in total. The molecular formula is C14H18O4. The van der Waals surface area contributed by atoms with Gasteiger partial charge in [-0.3, -0.25) is 0 Å². The zero-order valence-corrected chi connectivity index (χ0v) is 10.4. The fourth-order valence-corrected chi connectivity index (χ4v) is 1.16. The Balaban J connectivity index is 2.45. The molecule has 0 aromatic heterocycles. The van der Waals surface area contributed by atoms with Crippen LogP contribution in [0.4, 0.5) is 0 Å². The Labute approximate surface area is 107 Å². The third-order valence-corrected chi connectivity index (χ3v) is 2.54. The fourth-order valence-electron chi connectivity index (χ4n) is 1.16. The van der Waals surface area contributed by atoms with Gasteiger partial charge < -0.3 is 14.9 Å². The number of carbonyl (C=O) groups is 1. The van der Waals surface area contributed by atoms with Crippen LogP contribution < -0.4 is 0 Å². The van der Waals surface area contributed by atoms with Gasteiger partial charge in [-0.25, -0.2) is 4.79 Å². The topological polar surface area (TPSA) is 66.8 Å². The quantitative estimate of drug-likeness (QED) is 0.588. The van der Waals surface area contributed by atoms with E-state index in [1.54, 1.807) is 13.0 Å². The van der Waals surface area contributed by atoms with Crippen LogP contribution in [-0.4, -0.2) is 36.0 Å². The number of aliphatic hydroxyl groups is 2. The Morgan fingerprint density at radius 3 is 2.44 bits per heavy atom. The molecule has 0 aliphatic rings. The fraction of sp³-hybridized carbons (Fsp3) is 0.357. The second kappa shape index (κ2) is 6.93. The smallest absolute Gasteiger partial charge is 0.330 e. The third kappa shape index (κ3) is 4.69. The van der Waals surface area contributed by atoms with Gasteiger partial charge in [-0.1, -0.05) is 37.3 Å². The molecule has 1 rings (SSSR count). The van der Waals surface area contributed by atoms with Gasteiger partial charge in [-0.2, -0.15) is 0 Å². The summed E-state index contributed by atoms with van der Waals surface area (Å²) in [5.74, 6) is -0.494. The summed E-state index contributed by atoms with van der Waals surface area (Å²) >= 11 is 0. The van der Waals surface area contributed by atoms with Crippen LogP contribution in [-0.2, 0) is 9.53 Å². The molecule has 0 aliphatic carbocycles. The monoisotopic (exact) mass is 250 g/mol. The first kappa shape index (κ1) is 14.4. The first-order valence-electron chi connectivity index (χ1n) is 5.71. The maximum atomic E-state index is 11.4. The van der Waals surface area contributed by atoms with Crippen molar-refractivity contribution in [1.82, 2.24) is 0 Å². The molecule has 0 unspecified atom stereocenters. The lowest BCUT2D eigenvalue weighted by atomic mass is 9.95. The van der Waals surface area contributed by atoms with Gasteiger partial charge in [0.1, 0.15) is 6.61 Å². The van der Waals surface area contributed by atoms with E-state index in [4.69, 9.17) is 14.9 Å². The van der Waals surface area contributed by atoms with Crippen molar-refractivity contribution in [2.75, 3.05) is 19.8 Å². The second-order valence-corrected chi connectivity index (χ2v) is 4.48. The van der Waals surface area contributed by atoms with E-state index in [0.717, 1.165) is 5.56 Å². The summed E-state index contributed by atoms with van der Waals surface area (Å²) in [5.41, 5.74) is 0.109. The number of hydrogen-bond donors (Lipinski definition) is 2. The highest BCUT2D eigenvalue weighted by molar-refractivity contribution is 5.87. The Kier molecular flexibility index (Phi) is 5.55. The zero-order chi connectivity index (χ0) is 13.4. The molecule has 1 aromatic carbocycles.